The quantitative estimate of drug-likeness (QED) is 0.381. The fourth-order valence-corrected chi connectivity index (χ4v) is 4.50. The van der Waals surface area contributed by atoms with Crippen LogP contribution in [0.5, 0.6) is 0 Å². The molecule has 0 saturated heterocycles. The predicted molar refractivity (Wildman–Crippen MR) is 144 cm³/mol. The van der Waals surface area contributed by atoms with E-state index in [1.165, 1.54) is 0 Å². The summed E-state index contributed by atoms with van der Waals surface area (Å²) in [6.45, 7) is 8.09. The largest absolute Gasteiger partial charge is 0.350 e. The first-order valence-electron chi connectivity index (χ1n) is 11.7. The van der Waals surface area contributed by atoms with Crippen molar-refractivity contribution < 1.29 is 9.59 Å². The maximum atomic E-state index is 13.8. The standard InChI is InChI=1S/C29H32Cl2N2O2/c1-20-10-8-13-22(16-20)19-33(27(34)18-23-24(30)14-9-15-25(23)31)26(28(35)32-29(2,3)4)17-21-11-6-5-7-12-21/h5-16,26H,17-19H2,1-4H3,(H,32,35). The van der Waals surface area contributed by atoms with Crippen LogP contribution < -0.4 is 5.32 Å². The van der Waals surface area contributed by atoms with Gasteiger partial charge in [-0.05, 0) is 56.5 Å². The summed E-state index contributed by atoms with van der Waals surface area (Å²) in [5.41, 5.74) is 3.12. The molecule has 6 heteroatoms. The van der Waals surface area contributed by atoms with Crippen molar-refractivity contribution in [2.75, 3.05) is 0 Å². The summed E-state index contributed by atoms with van der Waals surface area (Å²) in [5, 5.41) is 3.93. The van der Waals surface area contributed by atoms with E-state index >= 15 is 0 Å². The Kier molecular flexibility index (Phi) is 8.98. The maximum Gasteiger partial charge on any atom is 0.243 e. The van der Waals surface area contributed by atoms with E-state index < -0.39 is 11.6 Å². The SMILES string of the molecule is Cc1cccc(CN(C(=O)Cc2c(Cl)cccc2Cl)C(Cc2ccccc2)C(=O)NC(C)(C)C)c1. The van der Waals surface area contributed by atoms with Crippen LogP contribution in [0.2, 0.25) is 10.0 Å². The lowest BCUT2D eigenvalue weighted by molar-refractivity contribution is -0.141. The van der Waals surface area contributed by atoms with Gasteiger partial charge in [0, 0.05) is 28.5 Å². The second kappa shape index (κ2) is 11.7. The average Bonchev–Trinajstić information content (AvgIpc) is 2.78. The zero-order valence-corrected chi connectivity index (χ0v) is 22.2. The molecule has 3 aromatic rings. The smallest absolute Gasteiger partial charge is 0.243 e. The summed E-state index contributed by atoms with van der Waals surface area (Å²) >= 11 is 12.8. The van der Waals surface area contributed by atoms with Crippen LogP contribution in [0.25, 0.3) is 0 Å². The van der Waals surface area contributed by atoms with Crippen LogP contribution >= 0.6 is 23.2 Å². The van der Waals surface area contributed by atoms with E-state index in [2.05, 4.69) is 5.32 Å². The molecule has 0 saturated carbocycles. The number of halogens is 2. The van der Waals surface area contributed by atoms with Gasteiger partial charge in [-0.3, -0.25) is 9.59 Å². The van der Waals surface area contributed by atoms with Gasteiger partial charge in [-0.1, -0.05) is 89.4 Å². The third kappa shape index (κ3) is 7.84. The number of aryl methyl sites for hydroxylation is 1. The molecule has 0 bridgehead atoms. The number of benzene rings is 3. The van der Waals surface area contributed by atoms with Gasteiger partial charge in [0.05, 0.1) is 6.42 Å². The van der Waals surface area contributed by atoms with Gasteiger partial charge in [0.25, 0.3) is 0 Å². The van der Waals surface area contributed by atoms with E-state index in [1.807, 2.05) is 82.3 Å². The van der Waals surface area contributed by atoms with Crippen LogP contribution in [-0.4, -0.2) is 28.3 Å². The van der Waals surface area contributed by atoms with Crippen LogP contribution in [0.1, 0.15) is 43.0 Å². The topological polar surface area (TPSA) is 49.4 Å². The van der Waals surface area contributed by atoms with Gasteiger partial charge in [0.1, 0.15) is 6.04 Å². The number of carbonyl (C=O) groups is 2. The van der Waals surface area contributed by atoms with Gasteiger partial charge in [0.2, 0.25) is 11.8 Å². The molecule has 1 atom stereocenters. The minimum atomic E-state index is -0.717. The zero-order valence-electron chi connectivity index (χ0n) is 20.6. The third-order valence-electron chi connectivity index (χ3n) is 5.59. The fraction of sp³-hybridized carbons (Fsp3) is 0.310. The van der Waals surface area contributed by atoms with Crippen LogP contribution in [0.3, 0.4) is 0 Å². The maximum absolute atomic E-state index is 13.8. The third-order valence-corrected chi connectivity index (χ3v) is 6.30. The molecule has 0 heterocycles. The Balaban J connectivity index is 2.03. The first-order valence-corrected chi connectivity index (χ1v) is 12.4. The Bertz CT molecular complexity index is 1150. The Hall–Kier alpha value is -2.82. The van der Waals surface area contributed by atoms with Gasteiger partial charge in [0.15, 0.2) is 0 Å². The Morgan fingerprint density at radius 3 is 2.09 bits per heavy atom. The number of amides is 2. The average molecular weight is 511 g/mol. The van der Waals surface area contributed by atoms with Crippen molar-refractivity contribution in [2.45, 2.75) is 58.7 Å². The highest BCUT2D eigenvalue weighted by atomic mass is 35.5. The van der Waals surface area contributed by atoms with Crippen molar-refractivity contribution in [3.63, 3.8) is 0 Å². The lowest BCUT2D eigenvalue weighted by Gasteiger charge is -2.34. The molecule has 3 aromatic carbocycles. The molecule has 0 radical (unpaired) electrons. The van der Waals surface area contributed by atoms with Gasteiger partial charge < -0.3 is 10.2 Å². The first kappa shape index (κ1) is 26.8. The molecule has 1 unspecified atom stereocenters. The van der Waals surface area contributed by atoms with Crippen molar-refractivity contribution in [3.8, 4) is 0 Å². The minimum Gasteiger partial charge on any atom is -0.350 e. The monoisotopic (exact) mass is 510 g/mol. The Labute approximate surface area is 218 Å². The molecule has 0 aliphatic rings. The zero-order chi connectivity index (χ0) is 25.6. The van der Waals surface area contributed by atoms with E-state index in [0.29, 0.717) is 22.0 Å². The predicted octanol–water partition coefficient (Wildman–Crippen LogP) is 6.40. The molecule has 1 N–H and O–H groups in total. The van der Waals surface area contributed by atoms with Crippen molar-refractivity contribution >= 4 is 35.0 Å². The van der Waals surface area contributed by atoms with Crippen molar-refractivity contribution in [3.05, 3.63) is 105 Å². The van der Waals surface area contributed by atoms with E-state index in [0.717, 1.165) is 16.7 Å². The number of hydrogen-bond acceptors (Lipinski definition) is 2. The van der Waals surface area contributed by atoms with Gasteiger partial charge >= 0.3 is 0 Å². The normalized spacial score (nSPS) is 12.2. The second-order valence-electron chi connectivity index (χ2n) is 9.83. The van der Waals surface area contributed by atoms with E-state index in [9.17, 15) is 9.59 Å². The van der Waals surface area contributed by atoms with E-state index in [4.69, 9.17) is 23.2 Å². The summed E-state index contributed by atoms with van der Waals surface area (Å²) in [5.74, 6) is -0.417. The highest BCUT2D eigenvalue weighted by Gasteiger charge is 2.32. The van der Waals surface area contributed by atoms with E-state index in [1.54, 1.807) is 23.1 Å². The van der Waals surface area contributed by atoms with E-state index in [-0.39, 0.29) is 24.8 Å². The van der Waals surface area contributed by atoms with Gasteiger partial charge in [-0.15, -0.1) is 0 Å². The molecule has 184 valence electrons. The molecule has 0 aromatic heterocycles. The lowest BCUT2D eigenvalue weighted by atomic mass is 9.99. The highest BCUT2D eigenvalue weighted by Crippen LogP contribution is 2.26. The molecule has 35 heavy (non-hydrogen) atoms. The minimum absolute atomic E-state index is 0.00158. The van der Waals surface area contributed by atoms with Crippen molar-refractivity contribution in [1.82, 2.24) is 10.2 Å². The molecule has 0 aliphatic heterocycles. The van der Waals surface area contributed by atoms with Crippen LogP contribution in [0.15, 0.2) is 72.8 Å². The Morgan fingerprint density at radius 1 is 0.886 bits per heavy atom. The molecule has 0 aliphatic carbocycles. The molecule has 0 fully saturated rings. The summed E-state index contributed by atoms with van der Waals surface area (Å²) in [6, 6.07) is 22.2. The highest BCUT2D eigenvalue weighted by molar-refractivity contribution is 6.36. The summed E-state index contributed by atoms with van der Waals surface area (Å²) in [7, 11) is 0. The summed E-state index contributed by atoms with van der Waals surface area (Å²) in [4.78, 5) is 29.1. The Morgan fingerprint density at radius 2 is 1.49 bits per heavy atom. The number of carbonyl (C=O) groups excluding carboxylic acids is 2. The second-order valence-corrected chi connectivity index (χ2v) is 10.6. The fourth-order valence-electron chi connectivity index (χ4n) is 3.97. The number of nitrogens with zero attached hydrogens (tertiary/aromatic N) is 1. The number of nitrogens with one attached hydrogen (secondary N) is 1. The molecule has 3 rings (SSSR count). The van der Waals surface area contributed by atoms with Crippen LogP contribution in [0.4, 0.5) is 0 Å². The first-order chi connectivity index (χ1) is 16.5. The van der Waals surface area contributed by atoms with Crippen molar-refractivity contribution in [2.24, 2.45) is 0 Å². The number of rotatable bonds is 8. The molecule has 4 nitrogen and oxygen atoms in total. The van der Waals surface area contributed by atoms with Crippen molar-refractivity contribution in [1.29, 1.82) is 0 Å². The molecule has 0 spiro atoms. The van der Waals surface area contributed by atoms with Gasteiger partial charge in [-0.25, -0.2) is 0 Å². The number of hydrogen-bond donors (Lipinski definition) is 1. The molecule has 2 amide bonds. The van der Waals surface area contributed by atoms with Crippen LogP contribution in [-0.2, 0) is 29.0 Å². The summed E-state index contributed by atoms with van der Waals surface area (Å²) in [6.07, 6.45) is 0.384. The molecular weight excluding hydrogens is 479 g/mol. The van der Waals surface area contributed by atoms with Gasteiger partial charge in [-0.2, -0.15) is 0 Å². The lowest BCUT2D eigenvalue weighted by Crippen LogP contribution is -2.54. The molecular formula is C29H32Cl2N2O2. The summed E-state index contributed by atoms with van der Waals surface area (Å²) < 4.78 is 0. The van der Waals surface area contributed by atoms with Crippen LogP contribution in [0, 0.1) is 6.92 Å².